The maximum atomic E-state index is 12.1. The number of anilines is 1. The molecule has 0 fully saturated rings. The highest BCUT2D eigenvalue weighted by atomic mass is 32.1. The van der Waals surface area contributed by atoms with Gasteiger partial charge in [0.2, 0.25) is 5.91 Å². The van der Waals surface area contributed by atoms with Crippen LogP contribution in [-0.2, 0) is 4.79 Å². The van der Waals surface area contributed by atoms with Crippen LogP contribution in [0.25, 0.3) is 6.08 Å². The van der Waals surface area contributed by atoms with Crippen LogP contribution < -0.4 is 20.1 Å². The predicted octanol–water partition coefficient (Wildman–Crippen LogP) is 3.85. The second-order valence-electron chi connectivity index (χ2n) is 5.71. The molecule has 0 saturated carbocycles. The summed E-state index contributed by atoms with van der Waals surface area (Å²) in [5.74, 6) is 0.915. The molecule has 0 radical (unpaired) electrons. The molecule has 2 aromatic rings. The lowest BCUT2D eigenvalue weighted by molar-refractivity contribution is -0.115. The normalized spacial score (nSPS) is 10.5. The van der Waals surface area contributed by atoms with E-state index in [0.29, 0.717) is 11.5 Å². The molecule has 26 heavy (non-hydrogen) atoms. The van der Waals surface area contributed by atoms with Crippen molar-refractivity contribution in [2.24, 2.45) is 0 Å². The molecular formula is C20H22N2O3S. The van der Waals surface area contributed by atoms with Crippen LogP contribution in [0.5, 0.6) is 11.5 Å². The van der Waals surface area contributed by atoms with Gasteiger partial charge in [-0.15, -0.1) is 0 Å². The van der Waals surface area contributed by atoms with E-state index in [-0.39, 0.29) is 11.0 Å². The molecule has 0 unspecified atom stereocenters. The SMILES string of the molecule is COc1ccc(/C=C/C(=O)NC(=S)Nc2cc(C)ccc2C)cc1OC. The third-order valence-corrected chi connectivity index (χ3v) is 3.92. The zero-order valence-corrected chi connectivity index (χ0v) is 16.1. The number of nitrogens with one attached hydrogen (secondary N) is 2. The molecule has 0 bridgehead atoms. The van der Waals surface area contributed by atoms with Crippen molar-refractivity contribution in [1.29, 1.82) is 0 Å². The molecule has 0 aromatic heterocycles. The number of hydrogen-bond donors (Lipinski definition) is 2. The number of thiocarbonyl (C=S) groups is 1. The van der Waals surface area contributed by atoms with E-state index in [1.165, 1.54) is 6.08 Å². The molecule has 0 saturated heterocycles. The molecule has 0 aliphatic heterocycles. The Morgan fingerprint density at radius 2 is 1.77 bits per heavy atom. The Labute approximate surface area is 159 Å². The molecule has 2 aromatic carbocycles. The number of carbonyl (C=O) groups is 1. The Morgan fingerprint density at radius 1 is 1.04 bits per heavy atom. The summed E-state index contributed by atoms with van der Waals surface area (Å²) in [6, 6.07) is 11.4. The predicted molar refractivity (Wildman–Crippen MR) is 109 cm³/mol. The van der Waals surface area contributed by atoms with Crippen LogP contribution in [0.3, 0.4) is 0 Å². The molecule has 5 nitrogen and oxygen atoms in total. The van der Waals surface area contributed by atoms with Gasteiger partial charge in [0.1, 0.15) is 0 Å². The molecule has 0 atom stereocenters. The summed E-state index contributed by atoms with van der Waals surface area (Å²) >= 11 is 5.20. The van der Waals surface area contributed by atoms with Gasteiger partial charge in [-0.25, -0.2) is 0 Å². The first-order valence-corrected chi connectivity index (χ1v) is 8.43. The Morgan fingerprint density at radius 3 is 2.46 bits per heavy atom. The van der Waals surface area contributed by atoms with Crippen LogP contribution in [0, 0.1) is 13.8 Å². The Bertz CT molecular complexity index is 847. The quantitative estimate of drug-likeness (QED) is 0.618. The average molecular weight is 370 g/mol. The van der Waals surface area contributed by atoms with Crippen LogP contribution in [0.1, 0.15) is 16.7 Å². The minimum atomic E-state index is -0.317. The summed E-state index contributed by atoms with van der Waals surface area (Å²) in [4.78, 5) is 12.1. The fourth-order valence-electron chi connectivity index (χ4n) is 2.31. The summed E-state index contributed by atoms with van der Waals surface area (Å²) in [5.41, 5.74) is 3.85. The van der Waals surface area contributed by atoms with Gasteiger partial charge in [-0.2, -0.15) is 0 Å². The molecule has 2 N–H and O–H groups in total. The van der Waals surface area contributed by atoms with Gasteiger partial charge < -0.3 is 14.8 Å². The lowest BCUT2D eigenvalue weighted by Crippen LogP contribution is -2.33. The van der Waals surface area contributed by atoms with E-state index in [1.54, 1.807) is 32.4 Å². The minimum absolute atomic E-state index is 0.251. The first-order chi connectivity index (χ1) is 12.4. The van der Waals surface area contributed by atoms with Gasteiger partial charge in [-0.1, -0.05) is 18.2 Å². The number of benzene rings is 2. The van der Waals surface area contributed by atoms with Crippen molar-refractivity contribution in [3.8, 4) is 11.5 Å². The number of hydrogen-bond acceptors (Lipinski definition) is 4. The Kier molecular flexibility index (Phi) is 6.74. The number of ether oxygens (including phenoxy) is 2. The van der Waals surface area contributed by atoms with Crippen molar-refractivity contribution in [3.05, 3.63) is 59.2 Å². The van der Waals surface area contributed by atoms with Crippen molar-refractivity contribution in [2.75, 3.05) is 19.5 Å². The van der Waals surface area contributed by atoms with E-state index < -0.39 is 0 Å². The van der Waals surface area contributed by atoms with Crippen molar-refractivity contribution in [3.63, 3.8) is 0 Å². The number of methoxy groups -OCH3 is 2. The van der Waals surface area contributed by atoms with Crippen LogP contribution in [0.15, 0.2) is 42.5 Å². The minimum Gasteiger partial charge on any atom is -0.493 e. The van der Waals surface area contributed by atoms with Gasteiger partial charge in [0, 0.05) is 11.8 Å². The monoisotopic (exact) mass is 370 g/mol. The number of rotatable bonds is 5. The zero-order valence-electron chi connectivity index (χ0n) is 15.3. The molecule has 0 aliphatic carbocycles. The molecule has 6 heteroatoms. The summed E-state index contributed by atoms with van der Waals surface area (Å²) in [6.45, 7) is 3.97. The molecule has 136 valence electrons. The smallest absolute Gasteiger partial charge is 0.250 e. The Balaban J connectivity index is 1.98. The summed E-state index contributed by atoms with van der Waals surface area (Å²) in [7, 11) is 3.14. The number of aryl methyl sites for hydroxylation is 2. The maximum absolute atomic E-state index is 12.1. The molecule has 2 rings (SSSR count). The largest absolute Gasteiger partial charge is 0.493 e. The van der Waals surface area contributed by atoms with Crippen molar-refractivity contribution in [2.45, 2.75) is 13.8 Å². The second kappa shape index (κ2) is 9.01. The zero-order chi connectivity index (χ0) is 19.1. The van der Waals surface area contributed by atoms with Crippen molar-refractivity contribution in [1.82, 2.24) is 5.32 Å². The lowest BCUT2D eigenvalue weighted by Gasteiger charge is -2.11. The van der Waals surface area contributed by atoms with E-state index in [4.69, 9.17) is 21.7 Å². The van der Waals surface area contributed by atoms with Crippen molar-refractivity contribution >= 4 is 35.0 Å². The third kappa shape index (κ3) is 5.32. The van der Waals surface area contributed by atoms with Gasteiger partial charge in [0.15, 0.2) is 16.6 Å². The molecule has 0 aliphatic rings. The highest BCUT2D eigenvalue weighted by Crippen LogP contribution is 2.27. The van der Waals surface area contributed by atoms with Crippen LogP contribution in [0.4, 0.5) is 5.69 Å². The summed E-state index contributed by atoms with van der Waals surface area (Å²) in [6.07, 6.45) is 3.09. The van der Waals surface area contributed by atoms with E-state index in [0.717, 1.165) is 22.4 Å². The average Bonchev–Trinajstić information content (AvgIpc) is 2.62. The molecule has 1 amide bonds. The highest BCUT2D eigenvalue weighted by molar-refractivity contribution is 7.80. The molecule has 0 spiro atoms. The molecule has 0 heterocycles. The van der Waals surface area contributed by atoms with E-state index >= 15 is 0 Å². The van der Waals surface area contributed by atoms with Crippen molar-refractivity contribution < 1.29 is 14.3 Å². The fraction of sp³-hybridized carbons (Fsp3) is 0.200. The number of carbonyl (C=O) groups excluding carboxylic acids is 1. The topological polar surface area (TPSA) is 59.6 Å². The Hall–Kier alpha value is -2.86. The first kappa shape index (κ1) is 19.5. The highest BCUT2D eigenvalue weighted by Gasteiger charge is 2.05. The maximum Gasteiger partial charge on any atom is 0.250 e. The van der Waals surface area contributed by atoms with E-state index in [1.807, 2.05) is 38.1 Å². The summed E-state index contributed by atoms with van der Waals surface area (Å²) < 4.78 is 10.4. The second-order valence-corrected chi connectivity index (χ2v) is 6.12. The van der Waals surface area contributed by atoms with Gasteiger partial charge in [0.05, 0.1) is 14.2 Å². The van der Waals surface area contributed by atoms with Crippen LogP contribution >= 0.6 is 12.2 Å². The van der Waals surface area contributed by atoms with Gasteiger partial charge in [0.25, 0.3) is 0 Å². The van der Waals surface area contributed by atoms with Crippen LogP contribution in [0.2, 0.25) is 0 Å². The third-order valence-electron chi connectivity index (χ3n) is 3.71. The van der Waals surface area contributed by atoms with Gasteiger partial charge >= 0.3 is 0 Å². The summed E-state index contributed by atoms with van der Waals surface area (Å²) in [5, 5.41) is 5.93. The molecular weight excluding hydrogens is 348 g/mol. The fourth-order valence-corrected chi connectivity index (χ4v) is 2.52. The van der Waals surface area contributed by atoms with E-state index in [9.17, 15) is 4.79 Å². The van der Waals surface area contributed by atoms with Gasteiger partial charge in [-0.3, -0.25) is 10.1 Å². The lowest BCUT2D eigenvalue weighted by atomic mass is 10.1. The number of amides is 1. The standard InChI is InChI=1S/C20H22N2O3S/c1-13-5-6-14(2)16(11-13)21-20(26)22-19(23)10-8-15-7-9-17(24-3)18(12-15)25-4/h5-12H,1-4H3,(H2,21,22,23,26)/b10-8+. The van der Waals surface area contributed by atoms with E-state index in [2.05, 4.69) is 10.6 Å². The van der Waals surface area contributed by atoms with Gasteiger partial charge in [-0.05, 0) is 67.0 Å². The van der Waals surface area contributed by atoms with Crippen LogP contribution in [-0.4, -0.2) is 25.2 Å². The first-order valence-electron chi connectivity index (χ1n) is 8.02.